The lowest BCUT2D eigenvalue weighted by Crippen LogP contribution is -2.03. The van der Waals surface area contributed by atoms with Crippen LogP contribution >= 0.6 is 0 Å². The number of rotatable bonds is 6. The number of hydrogen-bond donors (Lipinski definition) is 2. The summed E-state index contributed by atoms with van der Waals surface area (Å²) < 4.78 is 0. The minimum Gasteiger partial charge on any atom is -0.384 e. The van der Waals surface area contributed by atoms with Crippen LogP contribution in [-0.2, 0) is 25.7 Å². The molecule has 3 aromatic heterocycles. The molecule has 0 aliphatic heterocycles. The van der Waals surface area contributed by atoms with E-state index in [1.807, 2.05) is 26.0 Å². The van der Waals surface area contributed by atoms with E-state index < -0.39 is 0 Å². The lowest BCUT2D eigenvalue weighted by molar-refractivity contribution is 0.842. The first-order valence-corrected chi connectivity index (χ1v) is 8.89. The van der Waals surface area contributed by atoms with E-state index in [0.717, 1.165) is 54.0 Å². The Morgan fingerprint density at radius 3 is 2.08 bits per heavy atom. The van der Waals surface area contributed by atoms with Gasteiger partial charge in [0.1, 0.15) is 11.6 Å². The second-order valence-corrected chi connectivity index (χ2v) is 6.72. The molecule has 0 aromatic carbocycles. The van der Waals surface area contributed by atoms with Gasteiger partial charge in [-0.25, -0.2) is 9.97 Å². The van der Waals surface area contributed by atoms with Crippen LogP contribution in [0.3, 0.4) is 0 Å². The van der Waals surface area contributed by atoms with Crippen LogP contribution in [0.25, 0.3) is 0 Å². The Morgan fingerprint density at radius 2 is 1.38 bits per heavy atom. The zero-order valence-electron chi connectivity index (χ0n) is 15.4. The molecule has 0 bridgehead atoms. The Morgan fingerprint density at radius 1 is 0.731 bits per heavy atom. The average molecular weight is 349 g/mol. The Bertz CT molecular complexity index is 800. The molecule has 3 rings (SSSR count). The van der Waals surface area contributed by atoms with Gasteiger partial charge in [0, 0.05) is 24.2 Å². The van der Waals surface area contributed by atoms with Gasteiger partial charge in [-0.1, -0.05) is 6.07 Å². The maximum absolute atomic E-state index is 5.83. The molecular weight excluding hydrogens is 322 g/mol. The van der Waals surface area contributed by atoms with E-state index in [-0.39, 0.29) is 1.43 Å². The number of aryl methyl sites for hydroxylation is 6. The molecule has 4 N–H and O–H groups in total. The van der Waals surface area contributed by atoms with Crippen molar-refractivity contribution in [3.8, 4) is 0 Å². The van der Waals surface area contributed by atoms with E-state index >= 15 is 0 Å². The van der Waals surface area contributed by atoms with Crippen LogP contribution in [0.5, 0.6) is 0 Å². The molecule has 0 saturated carbocycles. The Hall–Kier alpha value is -2.95. The number of pyridine rings is 3. The van der Waals surface area contributed by atoms with Gasteiger partial charge in [-0.05, 0) is 87.1 Å². The molecule has 5 heteroatoms. The van der Waals surface area contributed by atoms with Gasteiger partial charge in [-0.3, -0.25) is 4.98 Å². The Balaban J connectivity index is 0.00000261. The quantitative estimate of drug-likeness (QED) is 0.711. The van der Waals surface area contributed by atoms with E-state index in [4.69, 9.17) is 16.5 Å². The third kappa shape index (κ3) is 5.02. The van der Waals surface area contributed by atoms with E-state index in [0.29, 0.717) is 11.6 Å². The maximum Gasteiger partial charge on any atom is 0.123 e. The number of nitrogen functional groups attached to an aromatic ring is 2. The molecule has 0 aliphatic carbocycles. The zero-order chi connectivity index (χ0) is 18.5. The molecule has 0 unspecified atom stereocenters. The van der Waals surface area contributed by atoms with Gasteiger partial charge in [0.2, 0.25) is 0 Å². The highest BCUT2D eigenvalue weighted by atomic mass is 14.8. The second kappa shape index (κ2) is 7.95. The fourth-order valence-electron chi connectivity index (χ4n) is 3.14. The normalized spacial score (nSPS) is 10.8. The van der Waals surface area contributed by atoms with E-state index in [2.05, 4.69) is 40.3 Å². The highest BCUT2D eigenvalue weighted by molar-refractivity contribution is 5.35. The lowest BCUT2D eigenvalue weighted by atomic mass is 10.1. The first-order valence-electron chi connectivity index (χ1n) is 8.89. The molecule has 5 nitrogen and oxygen atoms in total. The van der Waals surface area contributed by atoms with Crippen LogP contribution in [0.4, 0.5) is 11.6 Å². The van der Waals surface area contributed by atoms with Crippen molar-refractivity contribution in [3.05, 3.63) is 76.4 Å². The summed E-state index contributed by atoms with van der Waals surface area (Å²) in [6.45, 7) is 4.00. The molecule has 0 saturated heterocycles. The van der Waals surface area contributed by atoms with Crippen LogP contribution in [0.1, 0.15) is 35.3 Å². The highest BCUT2D eigenvalue weighted by Gasteiger charge is 2.04. The summed E-state index contributed by atoms with van der Waals surface area (Å²) in [6.07, 6.45) is 3.47. The first-order chi connectivity index (χ1) is 12.5. The maximum atomic E-state index is 5.83. The van der Waals surface area contributed by atoms with E-state index in [1.54, 1.807) is 0 Å². The predicted molar refractivity (Wildman–Crippen MR) is 108 cm³/mol. The largest absolute Gasteiger partial charge is 0.384 e. The van der Waals surface area contributed by atoms with Gasteiger partial charge in [0.15, 0.2) is 0 Å². The Labute approximate surface area is 156 Å². The number of nitrogens with zero attached hydrogens (tertiary/aromatic N) is 3. The van der Waals surface area contributed by atoms with E-state index in [9.17, 15) is 0 Å². The standard InChI is InChI=1S/C21H25N5.H2/c1-14-10-19(26-20(22)11-14)9-8-18-5-3-4-17(25-18)7-6-16-12-15(2)24-21(23)13-16;/h3-5,10-13H,6-9H2,1-2H3,(H2,22,26)(H2,23,24);1H. The van der Waals surface area contributed by atoms with Gasteiger partial charge >= 0.3 is 0 Å². The third-order valence-corrected chi connectivity index (χ3v) is 4.25. The molecule has 0 aliphatic rings. The van der Waals surface area contributed by atoms with Crippen molar-refractivity contribution in [1.82, 2.24) is 15.0 Å². The summed E-state index contributed by atoms with van der Waals surface area (Å²) in [5.41, 5.74) is 18.1. The van der Waals surface area contributed by atoms with Crippen molar-refractivity contribution in [2.75, 3.05) is 11.5 Å². The minimum atomic E-state index is 0. The van der Waals surface area contributed by atoms with E-state index in [1.165, 1.54) is 5.56 Å². The van der Waals surface area contributed by atoms with Crippen molar-refractivity contribution >= 4 is 11.6 Å². The van der Waals surface area contributed by atoms with Gasteiger partial charge in [-0.2, -0.15) is 0 Å². The fourth-order valence-corrected chi connectivity index (χ4v) is 3.14. The molecule has 0 atom stereocenters. The van der Waals surface area contributed by atoms with Crippen molar-refractivity contribution in [3.63, 3.8) is 0 Å². The number of hydrogen-bond acceptors (Lipinski definition) is 5. The smallest absolute Gasteiger partial charge is 0.123 e. The predicted octanol–water partition coefficient (Wildman–Crippen LogP) is 3.47. The molecule has 0 fully saturated rings. The summed E-state index contributed by atoms with van der Waals surface area (Å²) >= 11 is 0. The van der Waals surface area contributed by atoms with Gasteiger partial charge in [-0.15, -0.1) is 0 Å². The average Bonchev–Trinajstić information content (AvgIpc) is 2.57. The minimum absolute atomic E-state index is 0. The molecule has 0 spiro atoms. The van der Waals surface area contributed by atoms with Crippen molar-refractivity contribution in [2.45, 2.75) is 39.5 Å². The van der Waals surface area contributed by atoms with Crippen LogP contribution in [0.2, 0.25) is 0 Å². The molecule has 0 radical (unpaired) electrons. The van der Waals surface area contributed by atoms with Gasteiger partial charge < -0.3 is 11.5 Å². The monoisotopic (exact) mass is 349 g/mol. The number of aromatic nitrogens is 3. The zero-order valence-corrected chi connectivity index (χ0v) is 15.4. The third-order valence-electron chi connectivity index (χ3n) is 4.25. The summed E-state index contributed by atoms with van der Waals surface area (Å²) in [5.74, 6) is 1.15. The van der Waals surface area contributed by atoms with Crippen molar-refractivity contribution in [1.29, 1.82) is 0 Å². The molecule has 0 amide bonds. The topological polar surface area (TPSA) is 90.7 Å². The number of nitrogens with two attached hydrogens (primary N) is 2. The van der Waals surface area contributed by atoms with Crippen LogP contribution in [-0.4, -0.2) is 15.0 Å². The summed E-state index contributed by atoms with van der Waals surface area (Å²) in [4.78, 5) is 13.4. The van der Waals surface area contributed by atoms with Gasteiger partial charge in [0.25, 0.3) is 0 Å². The molecule has 26 heavy (non-hydrogen) atoms. The molecule has 136 valence electrons. The van der Waals surface area contributed by atoms with Gasteiger partial charge in [0.05, 0.1) is 0 Å². The number of anilines is 2. The van der Waals surface area contributed by atoms with Crippen LogP contribution in [0, 0.1) is 13.8 Å². The van der Waals surface area contributed by atoms with Crippen LogP contribution < -0.4 is 11.5 Å². The molecular formula is C21H27N5. The highest BCUT2D eigenvalue weighted by Crippen LogP contribution is 2.12. The fraction of sp³-hybridized carbons (Fsp3) is 0.286. The Kier molecular flexibility index (Phi) is 5.46. The van der Waals surface area contributed by atoms with Crippen LogP contribution in [0.15, 0.2) is 42.5 Å². The molecule has 3 heterocycles. The van der Waals surface area contributed by atoms with Crippen molar-refractivity contribution in [2.24, 2.45) is 0 Å². The second-order valence-electron chi connectivity index (χ2n) is 6.72. The summed E-state index contributed by atoms with van der Waals surface area (Å²) in [5, 5.41) is 0. The SMILES string of the molecule is Cc1cc(N)nc(CCc2cccc(CCc3cc(C)nc(N)c3)n2)c1.[HH]. The summed E-state index contributed by atoms with van der Waals surface area (Å²) in [7, 11) is 0. The molecule has 3 aromatic rings. The van der Waals surface area contributed by atoms with Crippen molar-refractivity contribution < 1.29 is 1.43 Å². The first kappa shape index (κ1) is 17.9. The summed E-state index contributed by atoms with van der Waals surface area (Å²) in [6, 6.07) is 14.2. The lowest BCUT2D eigenvalue weighted by Gasteiger charge is -2.07.